The Hall–Kier alpha value is -4.53. The van der Waals surface area contributed by atoms with Crippen LogP contribution in [-0.4, -0.2) is 77.0 Å². The Kier molecular flexibility index (Phi) is 13.4. The van der Waals surface area contributed by atoms with Crippen LogP contribution in [0.5, 0.6) is 11.8 Å². The summed E-state index contributed by atoms with van der Waals surface area (Å²) >= 11 is 6.58. The Morgan fingerprint density at radius 1 is 1.07 bits per heavy atom. The highest BCUT2D eigenvalue weighted by molar-refractivity contribution is 6.32. The van der Waals surface area contributed by atoms with Crippen molar-refractivity contribution in [1.29, 1.82) is 0 Å². The van der Waals surface area contributed by atoms with Crippen LogP contribution in [0.25, 0.3) is 0 Å². The zero-order chi connectivity index (χ0) is 39.0. The first-order chi connectivity index (χ1) is 25.5. The smallest absolute Gasteiger partial charge is 0.422 e. The average molecular weight is 776 g/mol. The summed E-state index contributed by atoms with van der Waals surface area (Å²) in [4.78, 5) is 41.1. The standard InChI is InChI=1S/C38H49ClF3N7O5/c1-23(2)28-13-7-24(3)17-31(28)54-36(51)49-15-6-16-52-30-14-8-25(18-29(30)39)19-43-33-46-34(48-35(47-33)53-22-38(40,41)42)45-27-11-9-26(10-12-27)32(50)44-20-37(4,5)21-49/h8-12,14,18,23-24,28,31H,6-7,13,15-17,19-22H2,1-5H3,(H,44,50)(H2,43,45,46,47,48)/t24-,28+,31-/m1/s1. The molecule has 12 nitrogen and oxygen atoms in total. The molecule has 1 aliphatic carbocycles. The number of ether oxygens (including phenoxy) is 3. The van der Waals surface area contributed by atoms with Gasteiger partial charge < -0.3 is 35.1 Å². The molecule has 1 aromatic heterocycles. The normalized spacial score (nSPS) is 21.3. The van der Waals surface area contributed by atoms with Gasteiger partial charge in [-0.25, -0.2) is 4.79 Å². The highest BCUT2D eigenvalue weighted by Crippen LogP contribution is 2.36. The van der Waals surface area contributed by atoms with E-state index in [-0.39, 0.29) is 49.7 Å². The fourth-order valence-electron chi connectivity index (χ4n) is 6.61. The fraction of sp³-hybridized carbons (Fsp3) is 0.553. The Balaban J connectivity index is 1.37. The molecule has 6 bridgehead atoms. The quantitative estimate of drug-likeness (QED) is 0.237. The second-order valence-corrected chi connectivity index (χ2v) is 15.6. The van der Waals surface area contributed by atoms with E-state index in [4.69, 9.17) is 25.8 Å². The number of hydrogen-bond donors (Lipinski definition) is 3. The summed E-state index contributed by atoms with van der Waals surface area (Å²) in [5.74, 6) is 1.15. The van der Waals surface area contributed by atoms with Crippen molar-refractivity contribution < 1.29 is 37.0 Å². The van der Waals surface area contributed by atoms with E-state index in [2.05, 4.69) is 51.7 Å². The molecule has 1 fully saturated rings. The molecule has 54 heavy (non-hydrogen) atoms. The molecule has 3 aromatic rings. The summed E-state index contributed by atoms with van der Waals surface area (Å²) in [6, 6.07) is 11.1. The van der Waals surface area contributed by atoms with Crippen LogP contribution in [0.2, 0.25) is 5.02 Å². The Labute approximate surface area is 318 Å². The number of halogens is 4. The van der Waals surface area contributed by atoms with Gasteiger partial charge in [0.25, 0.3) is 5.91 Å². The molecule has 294 valence electrons. The number of nitrogens with one attached hydrogen (secondary N) is 3. The number of rotatable bonds is 4. The SMILES string of the molecule is CC(C)[C@@H]1CC[C@@H](C)C[C@H]1OC(=O)N1CCCOc2ccc(cc2Cl)CNc2nc(nc(OCC(F)(F)F)n2)Nc2ccc(cc2)C(=O)NCC(C)(C)C1. The van der Waals surface area contributed by atoms with Crippen LogP contribution in [0.15, 0.2) is 42.5 Å². The molecular weight excluding hydrogens is 727 g/mol. The average Bonchev–Trinajstić information content (AvgIpc) is 3.10. The van der Waals surface area contributed by atoms with Crippen molar-refractivity contribution in [3.8, 4) is 11.8 Å². The van der Waals surface area contributed by atoms with E-state index >= 15 is 0 Å². The van der Waals surface area contributed by atoms with Crippen LogP contribution in [0, 0.1) is 23.2 Å². The third kappa shape index (κ3) is 12.0. The van der Waals surface area contributed by atoms with Gasteiger partial charge in [-0.3, -0.25) is 4.79 Å². The van der Waals surface area contributed by atoms with Gasteiger partial charge in [0.15, 0.2) is 6.61 Å². The molecule has 0 unspecified atom stereocenters. The third-order valence-electron chi connectivity index (χ3n) is 9.48. The van der Waals surface area contributed by atoms with Gasteiger partial charge in [0.05, 0.1) is 11.6 Å². The molecule has 5 heterocycles. The van der Waals surface area contributed by atoms with Crippen molar-refractivity contribution >= 4 is 41.2 Å². The first-order valence-electron chi connectivity index (χ1n) is 18.2. The van der Waals surface area contributed by atoms with E-state index in [1.54, 1.807) is 47.4 Å². The molecule has 3 atom stereocenters. The van der Waals surface area contributed by atoms with Gasteiger partial charge >= 0.3 is 18.3 Å². The second kappa shape index (κ2) is 17.7. The zero-order valence-electron chi connectivity index (χ0n) is 31.3. The minimum atomic E-state index is -4.60. The summed E-state index contributed by atoms with van der Waals surface area (Å²) in [6.07, 6.45) is -1.68. The Morgan fingerprint density at radius 3 is 2.52 bits per heavy atom. The van der Waals surface area contributed by atoms with Crippen molar-refractivity contribution in [2.75, 3.05) is 43.5 Å². The lowest BCUT2D eigenvalue weighted by molar-refractivity contribution is -0.154. The Bertz CT molecular complexity index is 1750. The first-order valence-corrected chi connectivity index (χ1v) is 18.6. The number of hydrogen-bond acceptors (Lipinski definition) is 10. The van der Waals surface area contributed by atoms with Gasteiger partial charge in [-0.05, 0) is 84.4 Å². The predicted octanol–water partition coefficient (Wildman–Crippen LogP) is 8.26. The maximum atomic E-state index is 13.9. The number of benzene rings is 2. The van der Waals surface area contributed by atoms with Crippen molar-refractivity contribution in [1.82, 2.24) is 25.2 Å². The van der Waals surface area contributed by atoms with Crippen LogP contribution in [0.1, 0.15) is 76.2 Å². The lowest BCUT2D eigenvalue weighted by Gasteiger charge is -2.39. The van der Waals surface area contributed by atoms with Crippen LogP contribution in [0.3, 0.4) is 0 Å². The van der Waals surface area contributed by atoms with Crippen molar-refractivity contribution in [3.63, 3.8) is 0 Å². The van der Waals surface area contributed by atoms with E-state index in [0.717, 1.165) is 24.8 Å². The van der Waals surface area contributed by atoms with Gasteiger partial charge in [0, 0.05) is 37.4 Å². The van der Waals surface area contributed by atoms with E-state index in [0.29, 0.717) is 59.3 Å². The number of alkyl halides is 3. The largest absolute Gasteiger partial charge is 0.492 e. The topological polar surface area (TPSA) is 140 Å². The summed E-state index contributed by atoms with van der Waals surface area (Å²) in [5.41, 5.74) is 1.03. The van der Waals surface area contributed by atoms with E-state index < -0.39 is 24.2 Å². The minimum absolute atomic E-state index is 0.0463. The number of amides is 2. The highest BCUT2D eigenvalue weighted by Gasteiger charge is 2.36. The molecule has 16 heteroatoms. The van der Waals surface area contributed by atoms with Gasteiger partial charge in [-0.15, -0.1) is 0 Å². The van der Waals surface area contributed by atoms with Crippen LogP contribution < -0.4 is 25.4 Å². The maximum absolute atomic E-state index is 13.9. The molecule has 5 aliphatic rings. The lowest BCUT2D eigenvalue weighted by atomic mass is 9.75. The minimum Gasteiger partial charge on any atom is -0.492 e. The summed E-state index contributed by atoms with van der Waals surface area (Å²) < 4.78 is 55.8. The maximum Gasteiger partial charge on any atom is 0.422 e. The monoisotopic (exact) mass is 775 g/mol. The molecule has 3 N–H and O–H groups in total. The lowest BCUT2D eigenvalue weighted by Crippen LogP contribution is -2.47. The molecule has 2 amide bonds. The molecule has 4 aliphatic heterocycles. The predicted molar refractivity (Wildman–Crippen MR) is 199 cm³/mol. The molecule has 8 rings (SSSR count). The number of nitrogens with zero attached hydrogens (tertiary/aromatic N) is 4. The van der Waals surface area contributed by atoms with Gasteiger partial charge in [-0.1, -0.05) is 58.7 Å². The number of aromatic nitrogens is 3. The molecule has 1 saturated carbocycles. The summed E-state index contributed by atoms with van der Waals surface area (Å²) in [7, 11) is 0. The summed E-state index contributed by atoms with van der Waals surface area (Å²) in [6.45, 7) is 10.3. The highest BCUT2D eigenvalue weighted by atomic mass is 35.5. The first kappa shape index (κ1) is 40.7. The molecule has 0 saturated heterocycles. The second-order valence-electron chi connectivity index (χ2n) is 15.2. The molecule has 0 radical (unpaired) electrons. The van der Waals surface area contributed by atoms with Crippen molar-refractivity contribution in [2.45, 2.75) is 79.1 Å². The van der Waals surface area contributed by atoms with E-state index in [1.165, 1.54) is 0 Å². The van der Waals surface area contributed by atoms with Crippen LogP contribution in [0.4, 0.5) is 35.5 Å². The summed E-state index contributed by atoms with van der Waals surface area (Å²) in [5, 5.41) is 9.23. The molecule has 0 spiro atoms. The van der Waals surface area contributed by atoms with Crippen LogP contribution in [-0.2, 0) is 11.3 Å². The van der Waals surface area contributed by atoms with Gasteiger partial charge in [0.1, 0.15) is 11.9 Å². The van der Waals surface area contributed by atoms with E-state index in [1.807, 2.05) is 13.8 Å². The number of carbonyl (C=O) groups is 2. The van der Waals surface area contributed by atoms with Crippen molar-refractivity contribution in [3.05, 3.63) is 58.6 Å². The number of anilines is 3. The van der Waals surface area contributed by atoms with Gasteiger partial charge in [-0.2, -0.15) is 28.1 Å². The Morgan fingerprint density at radius 2 is 1.81 bits per heavy atom. The van der Waals surface area contributed by atoms with Crippen molar-refractivity contribution in [2.24, 2.45) is 23.2 Å². The number of carbonyl (C=O) groups excluding carboxylic acids is 2. The third-order valence-corrected chi connectivity index (χ3v) is 9.77. The molecular formula is C38H49ClF3N7O5. The van der Waals surface area contributed by atoms with Gasteiger partial charge in [0.2, 0.25) is 11.9 Å². The van der Waals surface area contributed by atoms with E-state index in [9.17, 15) is 22.8 Å². The fourth-order valence-corrected chi connectivity index (χ4v) is 6.87. The van der Waals surface area contributed by atoms with Crippen LogP contribution >= 0.6 is 11.6 Å². The zero-order valence-corrected chi connectivity index (χ0v) is 32.0. The molecule has 2 aromatic carbocycles.